The second-order valence-electron chi connectivity index (χ2n) is 2.59. The summed E-state index contributed by atoms with van der Waals surface area (Å²) in [5.74, 6) is 0. The zero-order chi connectivity index (χ0) is 9.68. The van der Waals surface area contributed by atoms with Crippen molar-refractivity contribution in [1.82, 2.24) is 10.3 Å². The molecular formula is C8H14N2O2S. The molecule has 0 aromatic carbocycles. The minimum atomic E-state index is 0.162. The number of aryl methyl sites for hydroxylation is 1. The Morgan fingerprint density at radius 1 is 1.62 bits per heavy atom. The van der Waals surface area contributed by atoms with Gasteiger partial charge in [0.1, 0.15) is 0 Å². The third-order valence-electron chi connectivity index (χ3n) is 1.62. The van der Waals surface area contributed by atoms with E-state index in [-0.39, 0.29) is 6.61 Å². The molecule has 0 radical (unpaired) electrons. The minimum absolute atomic E-state index is 0.162. The van der Waals surface area contributed by atoms with Gasteiger partial charge in [-0.2, -0.15) is 0 Å². The topological polar surface area (TPSA) is 54.4 Å². The van der Waals surface area contributed by atoms with Crippen molar-refractivity contribution in [2.75, 3.05) is 20.3 Å². The lowest BCUT2D eigenvalue weighted by Gasteiger charge is -1.99. The number of hydrogen-bond donors (Lipinski definition) is 2. The normalized spacial score (nSPS) is 10.4. The summed E-state index contributed by atoms with van der Waals surface area (Å²) >= 11 is 1.53. The Labute approximate surface area is 81.6 Å². The highest BCUT2D eigenvalue weighted by molar-refractivity contribution is 7.13. The number of aliphatic hydroxyl groups is 1. The quantitative estimate of drug-likeness (QED) is 0.684. The van der Waals surface area contributed by atoms with E-state index in [4.69, 9.17) is 9.84 Å². The first-order valence-electron chi connectivity index (χ1n) is 4.09. The van der Waals surface area contributed by atoms with Gasteiger partial charge in [0.2, 0.25) is 0 Å². The Kier molecular flexibility index (Phi) is 4.14. The maximum absolute atomic E-state index is 8.57. The van der Waals surface area contributed by atoms with Crippen LogP contribution in [0.15, 0.2) is 0 Å². The highest BCUT2D eigenvalue weighted by Crippen LogP contribution is 2.23. The van der Waals surface area contributed by atoms with Gasteiger partial charge < -0.3 is 15.2 Å². The molecule has 0 aliphatic rings. The van der Waals surface area contributed by atoms with E-state index in [2.05, 4.69) is 10.3 Å². The first-order valence-corrected chi connectivity index (χ1v) is 4.91. The van der Waals surface area contributed by atoms with E-state index in [1.807, 2.05) is 6.92 Å². The molecule has 0 aliphatic carbocycles. The summed E-state index contributed by atoms with van der Waals surface area (Å²) in [6.45, 7) is 3.47. The second kappa shape index (κ2) is 5.16. The zero-order valence-corrected chi connectivity index (χ0v) is 8.65. The molecule has 1 rings (SSSR count). The summed E-state index contributed by atoms with van der Waals surface area (Å²) in [5.41, 5.74) is 0.993. The summed E-state index contributed by atoms with van der Waals surface area (Å²) in [6, 6.07) is 0. The van der Waals surface area contributed by atoms with Crippen LogP contribution < -0.4 is 10.1 Å². The average molecular weight is 202 g/mol. The van der Waals surface area contributed by atoms with Crippen LogP contribution in [0.2, 0.25) is 0 Å². The summed E-state index contributed by atoms with van der Waals surface area (Å²) < 4.78 is 5.01. The fourth-order valence-corrected chi connectivity index (χ4v) is 1.78. The van der Waals surface area contributed by atoms with E-state index in [0.29, 0.717) is 11.7 Å². The van der Waals surface area contributed by atoms with E-state index in [1.54, 1.807) is 7.11 Å². The summed E-state index contributed by atoms with van der Waals surface area (Å²) in [4.78, 5) is 5.36. The van der Waals surface area contributed by atoms with Crippen LogP contribution in [0.1, 0.15) is 10.6 Å². The van der Waals surface area contributed by atoms with Crippen LogP contribution in [0.3, 0.4) is 0 Å². The summed E-state index contributed by atoms with van der Waals surface area (Å²) in [6.07, 6.45) is 0. The minimum Gasteiger partial charge on any atom is -0.473 e. The Bertz CT molecular complexity index is 263. The molecule has 0 spiro atoms. The standard InChI is InChI=1S/C8H14N2O2S/c1-6-7(5-9-3-4-11)13-8(10-6)12-2/h9,11H,3-5H2,1-2H3. The van der Waals surface area contributed by atoms with Crippen molar-refractivity contribution in [2.45, 2.75) is 13.5 Å². The van der Waals surface area contributed by atoms with Gasteiger partial charge in [0.25, 0.3) is 5.19 Å². The number of aliphatic hydroxyl groups excluding tert-OH is 1. The monoisotopic (exact) mass is 202 g/mol. The largest absolute Gasteiger partial charge is 0.473 e. The van der Waals surface area contributed by atoms with E-state index in [9.17, 15) is 0 Å². The van der Waals surface area contributed by atoms with Crippen molar-refractivity contribution < 1.29 is 9.84 Å². The maximum atomic E-state index is 8.57. The Morgan fingerprint density at radius 3 is 2.92 bits per heavy atom. The molecule has 2 N–H and O–H groups in total. The molecule has 0 fully saturated rings. The van der Waals surface area contributed by atoms with Gasteiger partial charge in [-0.15, -0.1) is 0 Å². The van der Waals surface area contributed by atoms with Gasteiger partial charge in [-0.1, -0.05) is 11.3 Å². The van der Waals surface area contributed by atoms with Crippen LogP contribution in [0.25, 0.3) is 0 Å². The average Bonchev–Trinajstić information content (AvgIpc) is 2.48. The number of thiazole rings is 1. The lowest BCUT2D eigenvalue weighted by molar-refractivity contribution is 0.292. The number of ether oxygens (including phenoxy) is 1. The second-order valence-corrected chi connectivity index (χ2v) is 3.64. The number of nitrogens with one attached hydrogen (secondary N) is 1. The molecule has 0 saturated heterocycles. The van der Waals surface area contributed by atoms with Crippen molar-refractivity contribution >= 4 is 11.3 Å². The highest BCUT2D eigenvalue weighted by atomic mass is 32.1. The molecule has 0 amide bonds. The third kappa shape index (κ3) is 2.95. The molecule has 0 aliphatic heterocycles. The molecule has 0 unspecified atom stereocenters. The molecule has 4 nitrogen and oxygen atoms in total. The third-order valence-corrected chi connectivity index (χ3v) is 2.74. The van der Waals surface area contributed by atoms with Gasteiger partial charge in [-0.3, -0.25) is 0 Å². The molecule has 1 aromatic rings. The van der Waals surface area contributed by atoms with Gasteiger partial charge in [0.15, 0.2) is 0 Å². The Balaban J connectivity index is 2.50. The van der Waals surface area contributed by atoms with E-state index in [0.717, 1.165) is 17.1 Å². The van der Waals surface area contributed by atoms with Crippen LogP contribution in [-0.4, -0.2) is 30.4 Å². The molecule has 0 saturated carbocycles. The van der Waals surface area contributed by atoms with Crippen molar-refractivity contribution in [3.63, 3.8) is 0 Å². The molecule has 13 heavy (non-hydrogen) atoms. The molecule has 1 heterocycles. The fraction of sp³-hybridized carbons (Fsp3) is 0.625. The number of methoxy groups -OCH3 is 1. The fourth-order valence-electron chi connectivity index (χ4n) is 0.934. The van der Waals surface area contributed by atoms with Gasteiger partial charge in [-0.25, -0.2) is 4.98 Å². The van der Waals surface area contributed by atoms with Crippen LogP contribution in [-0.2, 0) is 6.54 Å². The molecular weight excluding hydrogens is 188 g/mol. The number of aromatic nitrogens is 1. The lowest BCUT2D eigenvalue weighted by Crippen LogP contribution is -2.17. The smallest absolute Gasteiger partial charge is 0.273 e. The van der Waals surface area contributed by atoms with E-state index in [1.165, 1.54) is 11.3 Å². The first-order chi connectivity index (χ1) is 6.27. The maximum Gasteiger partial charge on any atom is 0.273 e. The van der Waals surface area contributed by atoms with Gasteiger partial charge in [0, 0.05) is 18.0 Å². The van der Waals surface area contributed by atoms with Crippen LogP contribution in [0.4, 0.5) is 0 Å². The van der Waals surface area contributed by atoms with E-state index >= 15 is 0 Å². The predicted molar refractivity (Wildman–Crippen MR) is 52.2 cm³/mol. The summed E-state index contributed by atoms with van der Waals surface area (Å²) in [7, 11) is 1.61. The Hall–Kier alpha value is -0.650. The number of rotatable bonds is 5. The van der Waals surface area contributed by atoms with Crippen molar-refractivity contribution in [3.8, 4) is 5.19 Å². The molecule has 0 atom stereocenters. The number of nitrogens with zero attached hydrogens (tertiary/aromatic N) is 1. The Morgan fingerprint density at radius 2 is 2.38 bits per heavy atom. The van der Waals surface area contributed by atoms with Crippen molar-refractivity contribution in [1.29, 1.82) is 0 Å². The lowest BCUT2D eigenvalue weighted by atomic mass is 10.4. The SMILES string of the molecule is COc1nc(C)c(CNCCO)s1. The van der Waals surface area contributed by atoms with Gasteiger partial charge >= 0.3 is 0 Å². The van der Waals surface area contributed by atoms with Crippen LogP contribution in [0, 0.1) is 6.92 Å². The molecule has 0 bridgehead atoms. The van der Waals surface area contributed by atoms with Crippen LogP contribution in [0.5, 0.6) is 5.19 Å². The predicted octanol–water partition coefficient (Wildman–Crippen LogP) is 0.542. The van der Waals surface area contributed by atoms with E-state index < -0.39 is 0 Å². The van der Waals surface area contributed by atoms with Crippen LogP contribution >= 0.6 is 11.3 Å². The number of hydrogen-bond acceptors (Lipinski definition) is 5. The molecule has 1 aromatic heterocycles. The molecule has 74 valence electrons. The van der Waals surface area contributed by atoms with Gasteiger partial charge in [-0.05, 0) is 6.92 Å². The van der Waals surface area contributed by atoms with Crippen molar-refractivity contribution in [3.05, 3.63) is 10.6 Å². The summed E-state index contributed by atoms with van der Waals surface area (Å²) in [5, 5.41) is 12.4. The van der Waals surface area contributed by atoms with Gasteiger partial charge in [0.05, 0.1) is 19.4 Å². The first kappa shape index (κ1) is 10.4. The van der Waals surface area contributed by atoms with Crippen molar-refractivity contribution in [2.24, 2.45) is 0 Å². The zero-order valence-electron chi connectivity index (χ0n) is 7.83. The molecule has 5 heteroatoms. The highest BCUT2D eigenvalue weighted by Gasteiger charge is 2.06.